The summed E-state index contributed by atoms with van der Waals surface area (Å²) in [6, 6.07) is 7.86. The van der Waals surface area contributed by atoms with Gasteiger partial charge in [-0.15, -0.1) is 0 Å². The molecule has 1 fully saturated rings. The minimum absolute atomic E-state index is 0.168. The number of methoxy groups -OCH3 is 1. The van der Waals surface area contributed by atoms with E-state index in [0.29, 0.717) is 0 Å². The molecule has 0 saturated carbocycles. The number of pyridine rings is 1. The summed E-state index contributed by atoms with van der Waals surface area (Å²) < 4.78 is 5.05. The highest BCUT2D eigenvalue weighted by Crippen LogP contribution is 2.35. The van der Waals surface area contributed by atoms with Crippen LogP contribution < -0.4 is 5.32 Å². The van der Waals surface area contributed by atoms with Gasteiger partial charge in [-0.05, 0) is 49.7 Å². The fraction of sp³-hybridized carbons (Fsp3) is 0.375. The third kappa shape index (κ3) is 2.45. The molecule has 21 heavy (non-hydrogen) atoms. The molecule has 2 aromatic heterocycles. The zero-order valence-corrected chi connectivity index (χ0v) is 12.1. The van der Waals surface area contributed by atoms with Gasteiger partial charge in [-0.25, -0.2) is 0 Å². The fourth-order valence-electron chi connectivity index (χ4n) is 2.99. The van der Waals surface area contributed by atoms with Crippen LogP contribution >= 0.6 is 0 Å². The van der Waals surface area contributed by atoms with Crippen LogP contribution in [-0.2, 0) is 14.9 Å². The SMILES string of the molecule is COC(=O)C1(c2ccc(-c3ccc[nH]3)nc2)CCNCC1. The number of hydrogen-bond donors (Lipinski definition) is 2. The maximum Gasteiger partial charge on any atom is 0.316 e. The van der Waals surface area contributed by atoms with Crippen molar-refractivity contribution in [3.05, 3.63) is 42.2 Å². The summed E-state index contributed by atoms with van der Waals surface area (Å²) in [6.07, 6.45) is 5.15. The average molecular weight is 285 g/mol. The standard InChI is InChI=1S/C16H19N3O2/c1-21-15(20)16(6-9-17-10-7-16)12-4-5-14(19-11-12)13-3-2-8-18-13/h2-5,8,11,17-18H,6-7,9-10H2,1H3. The molecule has 1 saturated heterocycles. The molecular formula is C16H19N3O2. The number of esters is 1. The van der Waals surface area contributed by atoms with Crippen LogP contribution in [0.15, 0.2) is 36.7 Å². The van der Waals surface area contributed by atoms with Crippen molar-refractivity contribution in [1.29, 1.82) is 0 Å². The Morgan fingerprint density at radius 1 is 1.29 bits per heavy atom. The van der Waals surface area contributed by atoms with Crippen LogP contribution in [0.3, 0.4) is 0 Å². The third-order valence-electron chi connectivity index (χ3n) is 4.22. The van der Waals surface area contributed by atoms with Gasteiger partial charge in [-0.2, -0.15) is 0 Å². The molecule has 0 aromatic carbocycles. The molecule has 3 rings (SSSR count). The number of aromatic nitrogens is 2. The lowest BCUT2D eigenvalue weighted by molar-refractivity contribution is -0.148. The van der Waals surface area contributed by atoms with Crippen molar-refractivity contribution < 1.29 is 9.53 Å². The van der Waals surface area contributed by atoms with Gasteiger partial charge >= 0.3 is 5.97 Å². The Kier molecular flexibility index (Phi) is 3.75. The zero-order chi connectivity index (χ0) is 14.7. The van der Waals surface area contributed by atoms with Crippen LogP contribution in [0.1, 0.15) is 18.4 Å². The number of hydrogen-bond acceptors (Lipinski definition) is 4. The van der Waals surface area contributed by atoms with E-state index in [0.717, 1.165) is 42.9 Å². The molecule has 0 radical (unpaired) electrons. The normalized spacial score (nSPS) is 17.4. The Balaban J connectivity index is 1.95. The predicted octanol–water partition coefficient (Wildman–Crippen LogP) is 1.87. The molecule has 0 atom stereocenters. The monoisotopic (exact) mass is 285 g/mol. The van der Waals surface area contributed by atoms with E-state index in [9.17, 15) is 4.79 Å². The topological polar surface area (TPSA) is 67.0 Å². The molecule has 0 bridgehead atoms. The molecule has 1 aliphatic heterocycles. The molecule has 1 aliphatic rings. The van der Waals surface area contributed by atoms with E-state index >= 15 is 0 Å². The maximum absolute atomic E-state index is 12.3. The zero-order valence-electron chi connectivity index (χ0n) is 12.1. The lowest BCUT2D eigenvalue weighted by atomic mass is 9.73. The number of H-pyrrole nitrogens is 1. The molecule has 5 nitrogen and oxygen atoms in total. The van der Waals surface area contributed by atoms with Crippen molar-refractivity contribution in [2.45, 2.75) is 18.3 Å². The second kappa shape index (κ2) is 5.69. The number of carbonyl (C=O) groups excluding carboxylic acids is 1. The van der Waals surface area contributed by atoms with Crippen molar-refractivity contribution in [3.63, 3.8) is 0 Å². The van der Waals surface area contributed by atoms with Gasteiger partial charge in [0.25, 0.3) is 0 Å². The van der Waals surface area contributed by atoms with E-state index in [4.69, 9.17) is 4.74 Å². The second-order valence-corrected chi connectivity index (χ2v) is 5.34. The summed E-state index contributed by atoms with van der Waals surface area (Å²) in [6.45, 7) is 1.63. The summed E-state index contributed by atoms with van der Waals surface area (Å²) in [5.74, 6) is -0.168. The van der Waals surface area contributed by atoms with E-state index in [1.54, 1.807) is 6.20 Å². The summed E-state index contributed by atoms with van der Waals surface area (Å²) in [5.41, 5.74) is 2.21. The van der Waals surface area contributed by atoms with Crippen molar-refractivity contribution in [3.8, 4) is 11.4 Å². The van der Waals surface area contributed by atoms with Gasteiger partial charge in [0.15, 0.2) is 0 Å². The van der Waals surface area contributed by atoms with E-state index in [2.05, 4.69) is 15.3 Å². The van der Waals surface area contributed by atoms with Gasteiger partial charge in [0, 0.05) is 12.4 Å². The minimum Gasteiger partial charge on any atom is -0.468 e. The average Bonchev–Trinajstić information content (AvgIpc) is 3.09. The molecule has 2 aromatic rings. The van der Waals surface area contributed by atoms with Crippen LogP contribution in [0.25, 0.3) is 11.4 Å². The number of ether oxygens (including phenoxy) is 1. The minimum atomic E-state index is -0.568. The van der Waals surface area contributed by atoms with E-state index < -0.39 is 5.41 Å². The summed E-state index contributed by atoms with van der Waals surface area (Å²) >= 11 is 0. The van der Waals surface area contributed by atoms with Crippen molar-refractivity contribution >= 4 is 5.97 Å². The molecule has 0 unspecified atom stereocenters. The van der Waals surface area contributed by atoms with Crippen molar-refractivity contribution in [2.24, 2.45) is 0 Å². The fourth-order valence-corrected chi connectivity index (χ4v) is 2.99. The van der Waals surface area contributed by atoms with Crippen LogP contribution in [0.4, 0.5) is 0 Å². The molecule has 3 heterocycles. The van der Waals surface area contributed by atoms with Gasteiger partial charge in [0.2, 0.25) is 0 Å². The molecule has 2 N–H and O–H groups in total. The Bertz CT molecular complexity index is 599. The van der Waals surface area contributed by atoms with Gasteiger partial charge < -0.3 is 15.0 Å². The summed E-state index contributed by atoms with van der Waals surface area (Å²) in [5, 5.41) is 3.29. The Hall–Kier alpha value is -2.14. The highest BCUT2D eigenvalue weighted by Gasteiger charge is 2.42. The van der Waals surface area contributed by atoms with Gasteiger partial charge in [0.1, 0.15) is 0 Å². The highest BCUT2D eigenvalue weighted by atomic mass is 16.5. The molecule has 0 amide bonds. The molecule has 5 heteroatoms. The summed E-state index contributed by atoms with van der Waals surface area (Å²) in [7, 11) is 1.45. The number of nitrogens with zero attached hydrogens (tertiary/aromatic N) is 1. The Morgan fingerprint density at radius 3 is 2.67 bits per heavy atom. The second-order valence-electron chi connectivity index (χ2n) is 5.34. The van der Waals surface area contributed by atoms with Gasteiger partial charge in [-0.3, -0.25) is 9.78 Å². The first-order chi connectivity index (χ1) is 10.3. The van der Waals surface area contributed by atoms with Gasteiger partial charge in [0.05, 0.1) is 23.9 Å². The highest BCUT2D eigenvalue weighted by molar-refractivity contribution is 5.83. The number of rotatable bonds is 3. The van der Waals surface area contributed by atoms with E-state index in [-0.39, 0.29) is 5.97 Å². The summed E-state index contributed by atoms with van der Waals surface area (Å²) in [4.78, 5) is 19.9. The molecular weight excluding hydrogens is 266 g/mol. The lowest BCUT2D eigenvalue weighted by Crippen LogP contribution is -2.46. The van der Waals surface area contributed by atoms with Gasteiger partial charge in [-0.1, -0.05) is 6.07 Å². The van der Waals surface area contributed by atoms with Crippen LogP contribution in [-0.4, -0.2) is 36.1 Å². The van der Waals surface area contributed by atoms with Crippen molar-refractivity contribution in [1.82, 2.24) is 15.3 Å². The van der Waals surface area contributed by atoms with Crippen LogP contribution in [0.5, 0.6) is 0 Å². The Labute approximate surface area is 123 Å². The van der Waals surface area contributed by atoms with E-state index in [1.807, 2.05) is 30.5 Å². The predicted molar refractivity (Wildman–Crippen MR) is 79.8 cm³/mol. The molecule has 0 spiro atoms. The number of carbonyl (C=O) groups is 1. The number of aromatic amines is 1. The van der Waals surface area contributed by atoms with E-state index in [1.165, 1.54) is 7.11 Å². The van der Waals surface area contributed by atoms with Crippen molar-refractivity contribution in [2.75, 3.05) is 20.2 Å². The van der Waals surface area contributed by atoms with Crippen LogP contribution in [0.2, 0.25) is 0 Å². The first-order valence-corrected chi connectivity index (χ1v) is 7.16. The quantitative estimate of drug-likeness (QED) is 0.845. The first kappa shape index (κ1) is 13.8. The third-order valence-corrected chi connectivity index (χ3v) is 4.22. The number of piperidine rings is 1. The number of nitrogens with one attached hydrogen (secondary N) is 2. The largest absolute Gasteiger partial charge is 0.468 e. The lowest BCUT2D eigenvalue weighted by Gasteiger charge is -2.35. The first-order valence-electron chi connectivity index (χ1n) is 7.16. The molecule has 0 aliphatic carbocycles. The maximum atomic E-state index is 12.3. The van der Waals surface area contributed by atoms with Crippen LogP contribution in [0, 0.1) is 0 Å². The smallest absolute Gasteiger partial charge is 0.316 e. The Morgan fingerprint density at radius 2 is 2.10 bits per heavy atom. The molecule has 110 valence electrons.